The highest BCUT2D eigenvalue weighted by molar-refractivity contribution is 5.35. The molecular formula is C16H17NO2. The number of rotatable bonds is 4. The Kier molecular flexibility index (Phi) is 3.01. The van der Waals surface area contributed by atoms with Crippen molar-refractivity contribution in [3.05, 3.63) is 60.2 Å². The molecule has 1 unspecified atom stereocenters. The maximum Gasteiger partial charge on any atom is 0.127 e. The standard InChI is InChI=1S/C16H17NO2/c17-16(10-11-16)15(18)12-6-8-14(9-7-12)19-13-4-2-1-3-5-13/h1-9,15,18H,10-11,17H2. The maximum absolute atomic E-state index is 10.1. The second-order valence-corrected chi connectivity index (χ2v) is 5.12. The highest BCUT2D eigenvalue weighted by Gasteiger charge is 2.45. The Balaban J connectivity index is 1.72. The molecule has 1 atom stereocenters. The third kappa shape index (κ3) is 2.62. The van der Waals surface area contributed by atoms with Crippen molar-refractivity contribution in [3.63, 3.8) is 0 Å². The fraction of sp³-hybridized carbons (Fsp3) is 0.250. The number of benzene rings is 2. The molecule has 1 aliphatic carbocycles. The van der Waals surface area contributed by atoms with Crippen LogP contribution in [0.5, 0.6) is 11.5 Å². The molecule has 2 aromatic rings. The lowest BCUT2D eigenvalue weighted by atomic mass is 10.0. The Morgan fingerprint density at radius 3 is 2.11 bits per heavy atom. The van der Waals surface area contributed by atoms with E-state index in [1.54, 1.807) is 0 Å². The molecule has 0 heterocycles. The molecule has 1 aliphatic rings. The Labute approximate surface area is 112 Å². The number of para-hydroxylation sites is 1. The van der Waals surface area contributed by atoms with E-state index in [9.17, 15) is 5.11 Å². The van der Waals surface area contributed by atoms with E-state index in [0.717, 1.165) is 29.9 Å². The van der Waals surface area contributed by atoms with Gasteiger partial charge in [0.25, 0.3) is 0 Å². The smallest absolute Gasteiger partial charge is 0.127 e. The number of hydrogen-bond acceptors (Lipinski definition) is 3. The van der Waals surface area contributed by atoms with Crippen LogP contribution in [-0.4, -0.2) is 10.6 Å². The van der Waals surface area contributed by atoms with Gasteiger partial charge in [-0.2, -0.15) is 0 Å². The van der Waals surface area contributed by atoms with Crippen molar-refractivity contribution in [2.75, 3.05) is 0 Å². The van der Waals surface area contributed by atoms with Gasteiger partial charge in [0.15, 0.2) is 0 Å². The van der Waals surface area contributed by atoms with E-state index in [1.165, 1.54) is 0 Å². The molecule has 1 saturated carbocycles. The molecule has 0 bridgehead atoms. The molecule has 3 N–H and O–H groups in total. The van der Waals surface area contributed by atoms with Gasteiger partial charge in [-0.05, 0) is 42.7 Å². The van der Waals surface area contributed by atoms with Crippen molar-refractivity contribution >= 4 is 0 Å². The topological polar surface area (TPSA) is 55.5 Å². The molecule has 3 rings (SSSR count). The van der Waals surface area contributed by atoms with Crippen molar-refractivity contribution in [2.24, 2.45) is 5.73 Å². The molecule has 1 fully saturated rings. The highest BCUT2D eigenvalue weighted by Crippen LogP contribution is 2.43. The molecule has 0 spiro atoms. The van der Waals surface area contributed by atoms with Crippen LogP contribution in [0.4, 0.5) is 0 Å². The van der Waals surface area contributed by atoms with Crippen LogP contribution in [0.3, 0.4) is 0 Å². The lowest BCUT2D eigenvalue weighted by Gasteiger charge is -2.18. The summed E-state index contributed by atoms with van der Waals surface area (Å²) in [5, 5.41) is 10.1. The largest absolute Gasteiger partial charge is 0.457 e. The SMILES string of the molecule is NC1(C(O)c2ccc(Oc3ccccc3)cc2)CC1. The lowest BCUT2D eigenvalue weighted by Crippen LogP contribution is -2.30. The summed E-state index contributed by atoms with van der Waals surface area (Å²) in [6.45, 7) is 0. The molecule has 0 radical (unpaired) electrons. The van der Waals surface area contributed by atoms with Gasteiger partial charge in [0, 0.05) is 5.54 Å². The first-order chi connectivity index (χ1) is 9.17. The lowest BCUT2D eigenvalue weighted by molar-refractivity contribution is 0.136. The first-order valence-corrected chi connectivity index (χ1v) is 6.47. The summed E-state index contributed by atoms with van der Waals surface area (Å²) in [5.41, 5.74) is 6.44. The molecule has 0 aliphatic heterocycles. The van der Waals surface area contributed by atoms with E-state index in [-0.39, 0.29) is 0 Å². The minimum absolute atomic E-state index is 0.415. The fourth-order valence-electron chi connectivity index (χ4n) is 2.09. The summed E-state index contributed by atoms with van der Waals surface area (Å²) >= 11 is 0. The fourth-order valence-corrected chi connectivity index (χ4v) is 2.09. The van der Waals surface area contributed by atoms with Crippen molar-refractivity contribution in [3.8, 4) is 11.5 Å². The average Bonchev–Trinajstić information content (AvgIpc) is 3.19. The summed E-state index contributed by atoms with van der Waals surface area (Å²) in [5.74, 6) is 1.55. The number of ether oxygens (including phenoxy) is 1. The molecular weight excluding hydrogens is 238 g/mol. The summed E-state index contributed by atoms with van der Waals surface area (Å²) in [7, 11) is 0. The van der Waals surface area contributed by atoms with E-state index < -0.39 is 11.6 Å². The van der Waals surface area contributed by atoms with Gasteiger partial charge in [0.1, 0.15) is 11.5 Å². The summed E-state index contributed by atoms with van der Waals surface area (Å²) in [6.07, 6.45) is 1.19. The number of aliphatic hydroxyl groups is 1. The minimum Gasteiger partial charge on any atom is -0.457 e. The second-order valence-electron chi connectivity index (χ2n) is 5.12. The molecule has 2 aromatic carbocycles. The predicted octanol–water partition coefficient (Wildman–Crippen LogP) is 3.00. The van der Waals surface area contributed by atoms with E-state index in [0.29, 0.717) is 0 Å². The third-order valence-corrected chi connectivity index (χ3v) is 3.55. The molecule has 0 saturated heterocycles. The quantitative estimate of drug-likeness (QED) is 0.883. The molecule has 98 valence electrons. The van der Waals surface area contributed by atoms with Crippen molar-refractivity contribution < 1.29 is 9.84 Å². The zero-order valence-corrected chi connectivity index (χ0v) is 10.6. The van der Waals surface area contributed by atoms with Gasteiger partial charge >= 0.3 is 0 Å². The van der Waals surface area contributed by atoms with Crippen LogP contribution < -0.4 is 10.5 Å². The van der Waals surface area contributed by atoms with Gasteiger partial charge in [-0.3, -0.25) is 0 Å². The van der Waals surface area contributed by atoms with Gasteiger partial charge in [-0.1, -0.05) is 30.3 Å². The van der Waals surface area contributed by atoms with Crippen molar-refractivity contribution in [2.45, 2.75) is 24.5 Å². The molecule has 0 amide bonds. The normalized spacial score (nSPS) is 17.8. The number of aliphatic hydroxyl groups excluding tert-OH is 1. The van der Waals surface area contributed by atoms with E-state index >= 15 is 0 Å². The monoisotopic (exact) mass is 255 g/mol. The Hall–Kier alpha value is -1.84. The molecule has 3 nitrogen and oxygen atoms in total. The predicted molar refractivity (Wildman–Crippen MR) is 74.1 cm³/mol. The molecule has 3 heteroatoms. The zero-order chi connectivity index (χ0) is 13.3. The first-order valence-electron chi connectivity index (χ1n) is 6.47. The van der Waals surface area contributed by atoms with Crippen molar-refractivity contribution in [1.82, 2.24) is 0 Å². The van der Waals surface area contributed by atoms with Gasteiger partial charge in [-0.15, -0.1) is 0 Å². The third-order valence-electron chi connectivity index (χ3n) is 3.55. The van der Waals surface area contributed by atoms with Crippen LogP contribution in [0.15, 0.2) is 54.6 Å². The van der Waals surface area contributed by atoms with Gasteiger partial charge < -0.3 is 15.6 Å². The molecule has 0 aromatic heterocycles. The summed E-state index contributed by atoms with van der Waals surface area (Å²) < 4.78 is 5.70. The van der Waals surface area contributed by atoms with E-state index in [1.807, 2.05) is 54.6 Å². The van der Waals surface area contributed by atoms with Crippen LogP contribution >= 0.6 is 0 Å². The Bertz CT molecular complexity index is 547. The summed E-state index contributed by atoms with van der Waals surface area (Å²) in [4.78, 5) is 0. The van der Waals surface area contributed by atoms with Gasteiger partial charge in [0.05, 0.1) is 6.10 Å². The maximum atomic E-state index is 10.1. The van der Waals surface area contributed by atoms with Crippen molar-refractivity contribution in [1.29, 1.82) is 0 Å². The van der Waals surface area contributed by atoms with Crippen LogP contribution in [-0.2, 0) is 0 Å². The van der Waals surface area contributed by atoms with Crippen LogP contribution in [0.2, 0.25) is 0 Å². The zero-order valence-electron chi connectivity index (χ0n) is 10.6. The number of nitrogens with two attached hydrogens (primary N) is 1. The Morgan fingerprint density at radius 1 is 0.947 bits per heavy atom. The molecule has 19 heavy (non-hydrogen) atoms. The van der Waals surface area contributed by atoms with Crippen LogP contribution in [0.25, 0.3) is 0 Å². The average molecular weight is 255 g/mol. The van der Waals surface area contributed by atoms with E-state index in [2.05, 4.69) is 0 Å². The second kappa shape index (κ2) is 4.68. The van der Waals surface area contributed by atoms with Crippen LogP contribution in [0.1, 0.15) is 24.5 Å². The van der Waals surface area contributed by atoms with Crippen LogP contribution in [0, 0.1) is 0 Å². The van der Waals surface area contributed by atoms with Gasteiger partial charge in [-0.25, -0.2) is 0 Å². The van der Waals surface area contributed by atoms with Gasteiger partial charge in [0.2, 0.25) is 0 Å². The Morgan fingerprint density at radius 2 is 1.53 bits per heavy atom. The number of hydrogen-bond donors (Lipinski definition) is 2. The minimum atomic E-state index is -0.585. The summed E-state index contributed by atoms with van der Waals surface area (Å²) in [6, 6.07) is 17.1. The van der Waals surface area contributed by atoms with E-state index in [4.69, 9.17) is 10.5 Å². The first kappa shape index (κ1) is 12.2. The highest BCUT2D eigenvalue weighted by atomic mass is 16.5.